The first-order valence-electron chi connectivity index (χ1n) is 7.67. The number of rotatable bonds is 6. The minimum atomic E-state index is -0.585. The Labute approximate surface area is 137 Å². The second kappa shape index (κ2) is 7.79. The van der Waals surface area contributed by atoms with Crippen molar-refractivity contribution in [1.29, 1.82) is 0 Å². The zero-order valence-corrected chi connectivity index (χ0v) is 13.8. The van der Waals surface area contributed by atoms with E-state index in [0.717, 1.165) is 16.7 Å². The van der Waals surface area contributed by atoms with E-state index in [1.807, 2.05) is 37.3 Å². The number of benzene rings is 2. The molecule has 0 aliphatic heterocycles. The third-order valence-electron chi connectivity index (χ3n) is 3.79. The standard InChI is InChI=1S/C19H23NO3/c1-14-7-4-5-9-17(14)12-20(3)19(22)15(2)23-18-10-6-8-16(11-18)13-21/h4-11,15,21H,12-13H2,1-3H3. The van der Waals surface area contributed by atoms with Gasteiger partial charge in [-0.3, -0.25) is 4.79 Å². The maximum absolute atomic E-state index is 12.5. The maximum Gasteiger partial charge on any atom is 0.263 e. The molecule has 0 bridgehead atoms. The van der Waals surface area contributed by atoms with Crippen LogP contribution in [-0.4, -0.2) is 29.1 Å². The monoisotopic (exact) mass is 313 g/mol. The summed E-state index contributed by atoms with van der Waals surface area (Å²) in [4.78, 5) is 14.1. The van der Waals surface area contributed by atoms with Gasteiger partial charge in [-0.1, -0.05) is 36.4 Å². The van der Waals surface area contributed by atoms with Gasteiger partial charge in [0, 0.05) is 13.6 Å². The molecule has 0 spiro atoms. The molecule has 0 aromatic heterocycles. The Morgan fingerprint density at radius 1 is 1.22 bits per heavy atom. The van der Waals surface area contributed by atoms with E-state index in [0.29, 0.717) is 12.3 Å². The molecular formula is C19H23NO3. The van der Waals surface area contributed by atoms with Crippen LogP contribution in [0, 0.1) is 6.92 Å². The number of ether oxygens (including phenoxy) is 1. The Hall–Kier alpha value is -2.33. The van der Waals surface area contributed by atoms with Crippen molar-refractivity contribution in [2.45, 2.75) is 33.1 Å². The maximum atomic E-state index is 12.5. The lowest BCUT2D eigenvalue weighted by Gasteiger charge is -2.23. The van der Waals surface area contributed by atoms with Gasteiger partial charge in [0.2, 0.25) is 0 Å². The van der Waals surface area contributed by atoms with Gasteiger partial charge in [-0.05, 0) is 42.7 Å². The van der Waals surface area contributed by atoms with E-state index < -0.39 is 6.10 Å². The molecule has 0 radical (unpaired) electrons. The number of hydrogen-bond donors (Lipinski definition) is 1. The fourth-order valence-electron chi connectivity index (χ4n) is 2.40. The zero-order chi connectivity index (χ0) is 16.8. The third kappa shape index (κ3) is 4.57. The van der Waals surface area contributed by atoms with Crippen molar-refractivity contribution in [2.24, 2.45) is 0 Å². The summed E-state index contributed by atoms with van der Waals surface area (Å²) in [5, 5.41) is 9.15. The highest BCUT2D eigenvalue weighted by atomic mass is 16.5. The summed E-state index contributed by atoms with van der Waals surface area (Å²) in [5.74, 6) is 0.504. The number of carbonyl (C=O) groups is 1. The second-order valence-corrected chi connectivity index (χ2v) is 5.69. The van der Waals surface area contributed by atoms with Crippen molar-refractivity contribution in [3.05, 3.63) is 65.2 Å². The summed E-state index contributed by atoms with van der Waals surface area (Å²) in [6, 6.07) is 15.2. The number of amides is 1. The molecule has 0 heterocycles. The minimum absolute atomic E-state index is 0.0489. The van der Waals surface area contributed by atoms with E-state index in [-0.39, 0.29) is 12.5 Å². The van der Waals surface area contributed by atoms with Crippen LogP contribution < -0.4 is 4.74 Å². The topological polar surface area (TPSA) is 49.8 Å². The lowest BCUT2D eigenvalue weighted by Crippen LogP contribution is -2.37. The Balaban J connectivity index is 1.99. The molecule has 0 aliphatic rings. The molecule has 1 atom stereocenters. The number of hydrogen-bond acceptors (Lipinski definition) is 3. The summed E-state index contributed by atoms with van der Waals surface area (Å²) in [6.45, 7) is 4.28. The third-order valence-corrected chi connectivity index (χ3v) is 3.79. The number of aliphatic hydroxyl groups is 1. The average Bonchev–Trinajstić information content (AvgIpc) is 2.56. The molecule has 1 amide bonds. The summed E-state index contributed by atoms with van der Waals surface area (Å²) in [5.41, 5.74) is 3.05. The van der Waals surface area contributed by atoms with E-state index in [1.54, 1.807) is 37.1 Å². The molecule has 0 saturated carbocycles. The van der Waals surface area contributed by atoms with Crippen LogP contribution in [0.4, 0.5) is 0 Å². The van der Waals surface area contributed by atoms with Crippen LogP contribution in [0.5, 0.6) is 5.75 Å². The van der Waals surface area contributed by atoms with Gasteiger partial charge in [-0.25, -0.2) is 0 Å². The quantitative estimate of drug-likeness (QED) is 0.892. The van der Waals surface area contributed by atoms with Gasteiger partial charge < -0.3 is 14.7 Å². The van der Waals surface area contributed by atoms with Crippen molar-refractivity contribution < 1.29 is 14.6 Å². The number of aryl methyl sites for hydroxylation is 1. The van der Waals surface area contributed by atoms with Gasteiger partial charge in [0.15, 0.2) is 6.10 Å². The van der Waals surface area contributed by atoms with Crippen LogP contribution >= 0.6 is 0 Å². The molecule has 0 aliphatic carbocycles. The molecule has 2 aromatic rings. The lowest BCUT2D eigenvalue weighted by molar-refractivity contribution is -0.137. The molecule has 0 saturated heterocycles. The summed E-state index contributed by atoms with van der Waals surface area (Å²) >= 11 is 0. The van der Waals surface area contributed by atoms with Crippen LogP contribution in [0.15, 0.2) is 48.5 Å². The SMILES string of the molecule is Cc1ccccc1CN(C)C(=O)C(C)Oc1cccc(CO)c1. The molecule has 1 N–H and O–H groups in total. The largest absolute Gasteiger partial charge is 0.481 e. The van der Waals surface area contributed by atoms with E-state index in [2.05, 4.69) is 0 Å². The zero-order valence-electron chi connectivity index (χ0n) is 13.8. The predicted octanol–water partition coefficient (Wildman–Crippen LogP) is 2.91. The Bertz CT molecular complexity index is 669. The normalized spacial score (nSPS) is 11.8. The first kappa shape index (κ1) is 17.0. The first-order valence-corrected chi connectivity index (χ1v) is 7.67. The molecule has 2 aromatic carbocycles. The summed E-state index contributed by atoms with van der Waals surface area (Å²) < 4.78 is 5.71. The van der Waals surface area contributed by atoms with Gasteiger partial charge in [0.25, 0.3) is 5.91 Å². The first-order chi connectivity index (χ1) is 11.0. The molecule has 23 heavy (non-hydrogen) atoms. The number of nitrogens with zero attached hydrogens (tertiary/aromatic N) is 1. The van der Waals surface area contributed by atoms with Gasteiger partial charge in [0.05, 0.1) is 6.61 Å². The summed E-state index contributed by atoms with van der Waals surface area (Å²) in [7, 11) is 1.78. The highest BCUT2D eigenvalue weighted by molar-refractivity contribution is 5.80. The Morgan fingerprint density at radius 3 is 2.65 bits per heavy atom. The van der Waals surface area contributed by atoms with Gasteiger partial charge >= 0.3 is 0 Å². The predicted molar refractivity (Wildman–Crippen MR) is 90.1 cm³/mol. The highest BCUT2D eigenvalue weighted by Crippen LogP contribution is 2.16. The van der Waals surface area contributed by atoms with Gasteiger partial charge in [0.1, 0.15) is 5.75 Å². The van der Waals surface area contributed by atoms with Crippen molar-refractivity contribution in [3.63, 3.8) is 0 Å². The minimum Gasteiger partial charge on any atom is -0.481 e. The van der Waals surface area contributed by atoms with E-state index in [9.17, 15) is 4.79 Å². The highest BCUT2D eigenvalue weighted by Gasteiger charge is 2.19. The van der Waals surface area contributed by atoms with Gasteiger partial charge in [-0.2, -0.15) is 0 Å². The number of aliphatic hydroxyl groups excluding tert-OH is 1. The smallest absolute Gasteiger partial charge is 0.263 e. The van der Waals surface area contributed by atoms with Gasteiger partial charge in [-0.15, -0.1) is 0 Å². The summed E-state index contributed by atoms with van der Waals surface area (Å²) in [6.07, 6.45) is -0.585. The van der Waals surface area contributed by atoms with Crippen LogP contribution in [0.1, 0.15) is 23.6 Å². The Kier molecular flexibility index (Phi) is 5.77. The molecule has 4 nitrogen and oxygen atoms in total. The number of carbonyl (C=O) groups excluding carboxylic acids is 1. The average molecular weight is 313 g/mol. The van der Waals surface area contributed by atoms with Crippen molar-refractivity contribution in [2.75, 3.05) is 7.05 Å². The molecular weight excluding hydrogens is 290 g/mol. The molecule has 122 valence electrons. The van der Waals surface area contributed by atoms with E-state index in [4.69, 9.17) is 9.84 Å². The van der Waals surface area contributed by atoms with E-state index in [1.165, 1.54) is 0 Å². The molecule has 1 unspecified atom stereocenters. The van der Waals surface area contributed by atoms with E-state index >= 15 is 0 Å². The molecule has 2 rings (SSSR count). The molecule has 4 heteroatoms. The Morgan fingerprint density at radius 2 is 1.96 bits per heavy atom. The van der Waals surface area contributed by atoms with Crippen LogP contribution in [0.25, 0.3) is 0 Å². The molecule has 0 fully saturated rings. The van der Waals surface area contributed by atoms with Crippen molar-refractivity contribution in [1.82, 2.24) is 4.90 Å². The van der Waals surface area contributed by atoms with Crippen LogP contribution in [0.2, 0.25) is 0 Å². The number of likely N-dealkylation sites (N-methyl/N-ethyl adjacent to an activating group) is 1. The fraction of sp³-hybridized carbons (Fsp3) is 0.316. The fourth-order valence-corrected chi connectivity index (χ4v) is 2.40. The second-order valence-electron chi connectivity index (χ2n) is 5.69. The van der Waals surface area contributed by atoms with Crippen molar-refractivity contribution in [3.8, 4) is 5.75 Å². The van der Waals surface area contributed by atoms with Crippen molar-refractivity contribution >= 4 is 5.91 Å². The lowest BCUT2D eigenvalue weighted by atomic mass is 10.1. The van der Waals surface area contributed by atoms with Crippen LogP contribution in [0.3, 0.4) is 0 Å². The van der Waals surface area contributed by atoms with Crippen LogP contribution in [-0.2, 0) is 17.9 Å².